The summed E-state index contributed by atoms with van der Waals surface area (Å²) in [4.78, 5) is 12.9. The van der Waals surface area contributed by atoms with Gasteiger partial charge in [0.2, 0.25) is 5.91 Å². The Morgan fingerprint density at radius 1 is 1.47 bits per heavy atom. The van der Waals surface area contributed by atoms with Crippen LogP contribution in [0.2, 0.25) is 0 Å². The van der Waals surface area contributed by atoms with E-state index in [1.165, 1.54) is 0 Å². The SMILES string of the molecule is CCC(C)(CN)OCCCC(=O)N(C)C. The van der Waals surface area contributed by atoms with Gasteiger partial charge in [0, 0.05) is 33.7 Å². The van der Waals surface area contributed by atoms with Gasteiger partial charge in [-0.25, -0.2) is 0 Å². The Kier molecular flexibility index (Phi) is 6.52. The van der Waals surface area contributed by atoms with Gasteiger partial charge in [0.15, 0.2) is 0 Å². The number of nitrogens with two attached hydrogens (primary N) is 1. The Bertz CT molecular complexity index is 189. The number of amides is 1. The van der Waals surface area contributed by atoms with Gasteiger partial charge in [-0.05, 0) is 19.8 Å². The van der Waals surface area contributed by atoms with Gasteiger partial charge >= 0.3 is 0 Å². The van der Waals surface area contributed by atoms with Crippen molar-refractivity contribution in [3.8, 4) is 0 Å². The van der Waals surface area contributed by atoms with Crippen molar-refractivity contribution in [1.82, 2.24) is 4.90 Å². The number of carbonyl (C=O) groups excluding carboxylic acids is 1. The molecule has 0 saturated carbocycles. The van der Waals surface area contributed by atoms with E-state index in [0.717, 1.165) is 12.8 Å². The summed E-state index contributed by atoms with van der Waals surface area (Å²) in [6.07, 6.45) is 2.19. The number of hydrogen-bond acceptors (Lipinski definition) is 3. The van der Waals surface area contributed by atoms with Crippen molar-refractivity contribution in [3.05, 3.63) is 0 Å². The predicted molar refractivity (Wildman–Crippen MR) is 61.6 cm³/mol. The summed E-state index contributed by atoms with van der Waals surface area (Å²) in [7, 11) is 3.53. The summed E-state index contributed by atoms with van der Waals surface area (Å²) < 4.78 is 5.66. The molecule has 0 aliphatic carbocycles. The lowest BCUT2D eigenvalue weighted by Gasteiger charge is -2.26. The Balaban J connectivity index is 3.66. The van der Waals surface area contributed by atoms with Gasteiger partial charge < -0.3 is 15.4 Å². The maximum absolute atomic E-state index is 11.3. The highest BCUT2D eigenvalue weighted by Gasteiger charge is 2.20. The molecule has 90 valence electrons. The first-order chi connectivity index (χ1) is 6.95. The normalized spacial score (nSPS) is 14.7. The van der Waals surface area contributed by atoms with Gasteiger partial charge in [-0.15, -0.1) is 0 Å². The second-order valence-corrected chi connectivity index (χ2v) is 4.25. The predicted octanol–water partition coefficient (Wildman–Crippen LogP) is 0.999. The van der Waals surface area contributed by atoms with E-state index < -0.39 is 0 Å². The van der Waals surface area contributed by atoms with Crippen molar-refractivity contribution in [1.29, 1.82) is 0 Å². The lowest BCUT2D eigenvalue weighted by Crippen LogP contribution is -2.37. The van der Waals surface area contributed by atoms with Crippen LogP contribution in [-0.2, 0) is 9.53 Å². The van der Waals surface area contributed by atoms with E-state index in [0.29, 0.717) is 19.6 Å². The average Bonchev–Trinajstić information content (AvgIpc) is 2.23. The molecule has 0 bridgehead atoms. The first-order valence-corrected chi connectivity index (χ1v) is 5.49. The molecule has 15 heavy (non-hydrogen) atoms. The summed E-state index contributed by atoms with van der Waals surface area (Å²) >= 11 is 0. The first-order valence-electron chi connectivity index (χ1n) is 5.49. The maximum Gasteiger partial charge on any atom is 0.222 e. The summed E-state index contributed by atoms with van der Waals surface area (Å²) in [5.41, 5.74) is 5.37. The highest BCUT2D eigenvalue weighted by Crippen LogP contribution is 2.13. The zero-order chi connectivity index (χ0) is 11.9. The number of carbonyl (C=O) groups is 1. The third-order valence-electron chi connectivity index (χ3n) is 2.66. The van der Waals surface area contributed by atoms with Crippen molar-refractivity contribution < 1.29 is 9.53 Å². The molecule has 0 aromatic carbocycles. The second-order valence-electron chi connectivity index (χ2n) is 4.25. The molecule has 4 heteroatoms. The van der Waals surface area contributed by atoms with Crippen molar-refractivity contribution in [3.63, 3.8) is 0 Å². The van der Waals surface area contributed by atoms with Crippen LogP contribution in [0.1, 0.15) is 33.1 Å². The van der Waals surface area contributed by atoms with Crippen LogP contribution in [0.3, 0.4) is 0 Å². The molecular weight excluding hydrogens is 192 g/mol. The fourth-order valence-electron chi connectivity index (χ4n) is 1.07. The molecule has 1 unspecified atom stereocenters. The van der Waals surface area contributed by atoms with E-state index in [-0.39, 0.29) is 11.5 Å². The molecule has 0 radical (unpaired) electrons. The smallest absolute Gasteiger partial charge is 0.222 e. The molecular formula is C11H24N2O2. The van der Waals surface area contributed by atoms with Crippen LogP contribution in [0.15, 0.2) is 0 Å². The van der Waals surface area contributed by atoms with Gasteiger partial charge in [-0.1, -0.05) is 6.92 Å². The van der Waals surface area contributed by atoms with Crippen LogP contribution in [0.4, 0.5) is 0 Å². The molecule has 0 spiro atoms. The number of ether oxygens (including phenoxy) is 1. The topological polar surface area (TPSA) is 55.6 Å². The minimum absolute atomic E-state index is 0.143. The molecule has 0 aromatic heterocycles. The monoisotopic (exact) mass is 216 g/mol. The number of rotatable bonds is 7. The Labute approximate surface area is 92.8 Å². The molecule has 1 atom stereocenters. The van der Waals surface area contributed by atoms with Crippen LogP contribution < -0.4 is 5.73 Å². The van der Waals surface area contributed by atoms with Crippen molar-refractivity contribution in [2.75, 3.05) is 27.2 Å². The highest BCUT2D eigenvalue weighted by atomic mass is 16.5. The van der Waals surface area contributed by atoms with Crippen molar-refractivity contribution in [2.24, 2.45) is 5.73 Å². The quantitative estimate of drug-likeness (QED) is 0.646. The van der Waals surface area contributed by atoms with Crippen LogP contribution in [0.25, 0.3) is 0 Å². The van der Waals surface area contributed by atoms with E-state index >= 15 is 0 Å². The fraction of sp³-hybridized carbons (Fsp3) is 0.909. The number of nitrogens with zero attached hydrogens (tertiary/aromatic N) is 1. The third-order valence-corrected chi connectivity index (χ3v) is 2.66. The zero-order valence-electron chi connectivity index (χ0n) is 10.4. The summed E-state index contributed by atoms with van der Waals surface area (Å²) in [6.45, 7) is 5.17. The fourth-order valence-corrected chi connectivity index (χ4v) is 1.07. The van der Waals surface area contributed by atoms with Gasteiger partial charge in [0.25, 0.3) is 0 Å². The maximum atomic E-state index is 11.3. The van der Waals surface area contributed by atoms with Gasteiger partial charge in [0.1, 0.15) is 0 Å². The van der Waals surface area contributed by atoms with Crippen LogP contribution in [0.5, 0.6) is 0 Å². The molecule has 0 rings (SSSR count). The molecule has 1 amide bonds. The molecule has 0 aliphatic rings. The summed E-state index contributed by atoms with van der Waals surface area (Å²) in [5.74, 6) is 0.143. The summed E-state index contributed by atoms with van der Waals surface area (Å²) in [5, 5.41) is 0. The Hall–Kier alpha value is -0.610. The molecule has 0 heterocycles. The molecule has 0 aliphatic heterocycles. The van der Waals surface area contributed by atoms with E-state index in [1.807, 2.05) is 6.92 Å². The largest absolute Gasteiger partial charge is 0.374 e. The molecule has 0 saturated heterocycles. The lowest BCUT2D eigenvalue weighted by atomic mass is 10.0. The van der Waals surface area contributed by atoms with E-state index in [4.69, 9.17) is 10.5 Å². The zero-order valence-corrected chi connectivity index (χ0v) is 10.4. The van der Waals surface area contributed by atoms with Gasteiger partial charge in [0.05, 0.1) is 5.60 Å². The van der Waals surface area contributed by atoms with Crippen molar-refractivity contribution in [2.45, 2.75) is 38.7 Å². The van der Waals surface area contributed by atoms with Crippen molar-refractivity contribution >= 4 is 5.91 Å². The van der Waals surface area contributed by atoms with Gasteiger partial charge in [-0.3, -0.25) is 4.79 Å². The van der Waals surface area contributed by atoms with Crippen LogP contribution in [0, 0.1) is 0 Å². The van der Waals surface area contributed by atoms with E-state index in [2.05, 4.69) is 6.92 Å². The van der Waals surface area contributed by atoms with Gasteiger partial charge in [-0.2, -0.15) is 0 Å². The van der Waals surface area contributed by atoms with Crippen LogP contribution in [-0.4, -0.2) is 43.7 Å². The molecule has 4 nitrogen and oxygen atoms in total. The van der Waals surface area contributed by atoms with Crippen LogP contribution >= 0.6 is 0 Å². The van der Waals surface area contributed by atoms with E-state index in [1.54, 1.807) is 19.0 Å². The molecule has 2 N–H and O–H groups in total. The third kappa shape index (κ3) is 5.74. The minimum Gasteiger partial charge on any atom is -0.374 e. The highest BCUT2D eigenvalue weighted by molar-refractivity contribution is 5.75. The van der Waals surface area contributed by atoms with E-state index in [9.17, 15) is 4.79 Å². The Morgan fingerprint density at radius 3 is 2.47 bits per heavy atom. The number of hydrogen-bond donors (Lipinski definition) is 1. The second kappa shape index (κ2) is 6.80. The Morgan fingerprint density at radius 2 is 2.07 bits per heavy atom. The lowest BCUT2D eigenvalue weighted by molar-refractivity contribution is -0.129. The average molecular weight is 216 g/mol. The first kappa shape index (κ1) is 14.4. The minimum atomic E-state index is -0.235. The summed E-state index contributed by atoms with van der Waals surface area (Å²) in [6, 6.07) is 0. The standard InChI is InChI=1S/C11H24N2O2/c1-5-11(2,9-12)15-8-6-7-10(14)13(3)4/h5-9,12H2,1-4H3. The molecule has 0 fully saturated rings. The molecule has 0 aromatic rings.